The highest BCUT2D eigenvalue weighted by Crippen LogP contribution is 2.46. The van der Waals surface area contributed by atoms with Crippen molar-refractivity contribution in [2.45, 2.75) is 57.9 Å². The van der Waals surface area contributed by atoms with E-state index in [0.29, 0.717) is 6.04 Å². The third-order valence-corrected chi connectivity index (χ3v) is 6.32. The molecule has 3 nitrogen and oxygen atoms in total. The lowest BCUT2D eigenvalue weighted by molar-refractivity contribution is 0.108. The van der Waals surface area contributed by atoms with Crippen molar-refractivity contribution in [1.29, 1.82) is 0 Å². The van der Waals surface area contributed by atoms with Crippen LogP contribution in [-0.4, -0.2) is 16.3 Å². The van der Waals surface area contributed by atoms with Crippen molar-refractivity contribution in [3.05, 3.63) is 16.4 Å². The van der Waals surface area contributed by atoms with Crippen LogP contribution < -0.4 is 5.32 Å². The van der Waals surface area contributed by atoms with Crippen LogP contribution in [0.4, 0.5) is 0 Å². The molecule has 0 aliphatic heterocycles. The van der Waals surface area contributed by atoms with Crippen molar-refractivity contribution in [2.75, 3.05) is 6.54 Å². The van der Waals surface area contributed by atoms with Crippen molar-refractivity contribution in [3.63, 3.8) is 0 Å². The molecule has 4 unspecified atom stereocenters. The highest BCUT2D eigenvalue weighted by molar-refractivity contribution is 9.10. The molecule has 118 valence electrons. The molecule has 4 atom stereocenters. The molecule has 0 bridgehead atoms. The molecule has 1 aromatic rings. The Morgan fingerprint density at radius 3 is 2.71 bits per heavy atom. The number of hydrogen-bond acceptors (Lipinski definition) is 2. The van der Waals surface area contributed by atoms with Gasteiger partial charge in [-0.05, 0) is 59.5 Å². The molecule has 0 amide bonds. The standard InChI is InChI=1S/C17H28BrN3/c1-3-19-16(17-15(18)11-20-21(17)2)14-9-8-12-6-4-5-7-13(12)10-14/h11-14,16,19H,3-10H2,1-2H3. The molecule has 1 aromatic heterocycles. The fourth-order valence-corrected chi connectivity index (χ4v) is 5.28. The molecule has 0 radical (unpaired) electrons. The van der Waals surface area contributed by atoms with Crippen molar-refractivity contribution in [1.82, 2.24) is 15.1 Å². The first-order valence-corrected chi connectivity index (χ1v) is 9.40. The molecule has 0 saturated heterocycles. The van der Waals surface area contributed by atoms with Crippen molar-refractivity contribution in [3.8, 4) is 0 Å². The Morgan fingerprint density at radius 2 is 2.05 bits per heavy atom. The van der Waals surface area contributed by atoms with Gasteiger partial charge in [0.2, 0.25) is 0 Å². The number of hydrogen-bond donors (Lipinski definition) is 1. The molecule has 0 aromatic carbocycles. The molecule has 0 spiro atoms. The molecule has 2 aliphatic rings. The third kappa shape index (κ3) is 3.21. The molecule has 2 fully saturated rings. The summed E-state index contributed by atoms with van der Waals surface area (Å²) in [7, 11) is 2.07. The average Bonchev–Trinajstić information content (AvgIpc) is 2.84. The zero-order chi connectivity index (χ0) is 14.8. The minimum Gasteiger partial charge on any atom is -0.309 e. The van der Waals surface area contributed by atoms with Crippen LogP contribution in [-0.2, 0) is 7.05 Å². The van der Waals surface area contributed by atoms with Gasteiger partial charge < -0.3 is 5.32 Å². The van der Waals surface area contributed by atoms with E-state index in [1.54, 1.807) is 0 Å². The van der Waals surface area contributed by atoms with Gasteiger partial charge in [0.05, 0.1) is 22.4 Å². The fraction of sp³-hybridized carbons (Fsp3) is 0.824. The Balaban J connectivity index is 1.78. The summed E-state index contributed by atoms with van der Waals surface area (Å²) in [4.78, 5) is 0. The number of aromatic nitrogens is 2. The minimum atomic E-state index is 0.444. The van der Waals surface area contributed by atoms with Crippen molar-refractivity contribution < 1.29 is 0 Å². The maximum Gasteiger partial charge on any atom is 0.0695 e. The first kappa shape index (κ1) is 15.5. The van der Waals surface area contributed by atoms with Crippen LogP contribution in [0.3, 0.4) is 0 Å². The van der Waals surface area contributed by atoms with Crippen molar-refractivity contribution in [2.24, 2.45) is 24.8 Å². The van der Waals surface area contributed by atoms with Gasteiger partial charge in [-0.15, -0.1) is 0 Å². The van der Waals surface area contributed by atoms with Crippen LogP contribution >= 0.6 is 15.9 Å². The second kappa shape index (κ2) is 6.82. The highest BCUT2D eigenvalue weighted by Gasteiger charge is 2.37. The van der Waals surface area contributed by atoms with Gasteiger partial charge in [-0.1, -0.05) is 32.6 Å². The molecular weight excluding hydrogens is 326 g/mol. The molecule has 1 heterocycles. The minimum absolute atomic E-state index is 0.444. The van der Waals surface area contributed by atoms with E-state index >= 15 is 0 Å². The highest BCUT2D eigenvalue weighted by atomic mass is 79.9. The zero-order valence-corrected chi connectivity index (χ0v) is 14.9. The molecule has 1 N–H and O–H groups in total. The van der Waals surface area contributed by atoms with E-state index in [1.807, 2.05) is 10.9 Å². The number of aryl methyl sites for hydroxylation is 1. The Morgan fingerprint density at radius 1 is 1.29 bits per heavy atom. The first-order chi connectivity index (χ1) is 10.2. The Bertz CT molecular complexity index is 451. The Kier molecular flexibility index (Phi) is 5.05. The predicted octanol–water partition coefficient (Wildman–Crippen LogP) is 4.44. The topological polar surface area (TPSA) is 29.9 Å². The first-order valence-electron chi connectivity index (χ1n) is 8.61. The van der Waals surface area contributed by atoms with Gasteiger partial charge in [0.25, 0.3) is 0 Å². The van der Waals surface area contributed by atoms with Crippen LogP contribution in [0.5, 0.6) is 0 Å². The van der Waals surface area contributed by atoms with Crippen LogP contribution in [0.2, 0.25) is 0 Å². The van der Waals surface area contributed by atoms with E-state index in [0.717, 1.165) is 28.8 Å². The molecule has 2 aliphatic carbocycles. The maximum atomic E-state index is 4.43. The summed E-state index contributed by atoms with van der Waals surface area (Å²) in [5.74, 6) is 2.76. The van der Waals surface area contributed by atoms with E-state index < -0.39 is 0 Å². The summed E-state index contributed by atoms with van der Waals surface area (Å²) < 4.78 is 3.20. The summed E-state index contributed by atoms with van der Waals surface area (Å²) in [5, 5.41) is 8.17. The van der Waals surface area contributed by atoms with Crippen LogP contribution in [0, 0.1) is 17.8 Å². The van der Waals surface area contributed by atoms with Gasteiger partial charge >= 0.3 is 0 Å². The quantitative estimate of drug-likeness (QED) is 0.866. The number of rotatable bonds is 4. The van der Waals surface area contributed by atoms with E-state index in [-0.39, 0.29) is 0 Å². The summed E-state index contributed by atoms with van der Waals surface area (Å²) in [6.07, 6.45) is 12.0. The Hall–Kier alpha value is -0.350. The molecule has 3 rings (SSSR count). The normalized spacial score (nSPS) is 30.9. The summed E-state index contributed by atoms with van der Waals surface area (Å²) >= 11 is 3.70. The SMILES string of the molecule is CCNC(c1c(Br)cnn1C)C1CCC2CCCCC2C1. The lowest BCUT2D eigenvalue weighted by atomic mass is 9.66. The lowest BCUT2D eigenvalue weighted by Gasteiger charge is -2.42. The van der Waals surface area contributed by atoms with Gasteiger partial charge in [-0.3, -0.25) is 4.68 Å². The number of nitrogens with zero attached hydrogens (tertiary/aromatic N) is 2. The van der Waals surface area contributed by atoms with Crippen LogP contribution in [0.1, 0.15) is 63.6 Å². The number of fused-ring (bicyclic) bond motifs is 1. The smallest absolute Gasteiger partial charge is 0.0695 e. The summed E-state index contributed by atoms with van der Waals surface area (Å²) in [5.41, 5.74) is 1.33. The molecule has 2 saturated carbocycles. The Labute approximate surface area is 137 Å². The monoisotopic (exact) mass is 353 g/mol. The van der Waals surface area contributed by atoms with Gasteiger partial charge in [-0.2, -0.15) is 5.10 Å². The van der Waals surface area contributed by atoms with E-state index in [2.05, 4.69) is 40.3 Å². The predicted molar refractivity (Wildman–Crippen MR) is 90.1 cm³/mol. The van der Waals surface area contributed by atoms with Gasteiger partial charge in [0, 0.05) is 7.05 Å². The van der Waals surface area contributed by atoms with Gasteiger partial charge in [0.15, 0.2) is 0 Å². The maximum absolute atomic E-state index is 4.43. The van der Waals surface area contributed by atoms with Crippen LogP contribution in [0.15, 0.2) is 10.7 Å². The zero-order valence-electron chi connectivity index (χ0n) is 13.3. The largest absolute Gasteiger partial charge is 0.309 e. The van der Waals surface area contributed by atoms with Gasteiger partial charge in [0.1, 0.15) is 0 Å². The molecule has 4 heteroatoms. The molecular formula is C17H28BrN3. The lowest BCUT2D eigenvalue weighted by Crippen LogP contribution is -2.36. The summed E-state index contributed by atoms with van der Waals surface area (Å²) in [6.45, 7) is 3.23. The fourth-order valence-electron chi connectivity index (χ4n) is 4.69. The summed E-state index contributed by atoms with van der Waals surface area (Å²) in [6, 6.07) is 0.444. The van der Waals surface area contributed by atoms with Crippen LogP contribution in [0.25, 0.3) is 0 Å². The number of halogens is 1. The average molecular weight is 354 g/mol. The molecule has 21 heavy (non-hydrogen) atoms. The second-order valence-corrected chi connectivity index (χ2v) is 7.77. The number of nitrogens with one attached hydrogen (secondary N) is 1. The second-order valence-electron chi connectivity index (χ2n) is 6.91. The van der Waals surface area contributed by atoms with E-state index in [9.17, 15) is 0 Å². The van der Waals surface area contributed by atoms with E-state index in [4.69, 9.17) is 0 Å². The van der Waals surface area contributed by atoms with Gasteiger partial charge in [-0.25, -0.2) is 0 Å². The van der Waals surface area contributed by atoms with E-state index in [1.165, 1.54) is 50.6 Å². The third-order valence-electron chi connectivity index (χ3n) is 5.71. The van der Waals surface area contributed by atoms with Crippen molar-refractivity contribution >= 4 is 15.9 Å².